The Bertz CT molecular complexity index is 2580. The lowest BCUT2D eigenvalue weighted by Crippen LogP contribution is -2.63. The first-order valence-electron chi connectivity index (χ1n) is 15.9. The van der Waals surface area contributed by atoms with Crippen LogP contribution in [0.4, 0.5) is 65.9 Å². The highest BCUT2D eigenvalue weighted by Gasteiger charge is 2.64. The Morgan fingerprint density at radius 2 is 0.929 bits per heavy atom. The van der Waals surface area contributed by atoms with E-state index in [-0.39, 0.29) is 32.7 Å². The van der Waals surface area contributed by atoms with Gasteiger partial charge in [-0.05, 0) is 64.3 Å². The molecule has 1 aliphatic heterocycles. The SMILES string of the molecule is Cc1cc2c(cc1C)C(c1c(F)c(F)c(F)c(F)c1F)=C1C2=C(c2cccs2)C2=CCSC21B(c1c(F)c(F)c(F)c(F)c1F)c1c(F)c(F)c(F)c(F)c1F. The van der Waals surface area contributed by atoms with Crippen LogP contribution in [-0.2, 0) is 0 Å². The first kappa shape index (κ1) is 38.1. The molecule has 0 amide bonds. The van der Waals surface area contributed by atoms with E-state index in [0.29, 0.717) is 22.9 Å². The summed E-state index contributed by atoms with van der Waals surface area (Å²) in [4.78, 5) is 0.199. The molecule has 0 saturated heterocycles. The molecule has 5 aromatic rings. The van der Waals surface area contributed by atoms with E-state index >= 15 is 52.7 Å². The number of benzene rings is 4. The molecule has 1 unspecified atom stereocenters. The minimum absolute atomic E-state index is 0.0470. The van der Waals surface area contributed by atoms with Crippen LogP contribution >= 0.6 is 23.1 Å². The summed E-state index contributed by atoms with van der Waals surface area (Å²) in [5.74, 6) is -40.3. The number of halogens is 15. The van der Waals surface area contributed by atoms with Crippen molar-refractivity contribution >= 4 is 57.5 Å². The van der Waals surface area contributed by atoms with Gasteiger partial charge in [-0.25, -0.2) is 65.9 Å². The topological polar surface area (TPSA) is 0 Å². The van der Waals surface area contributed by atoms with Crippen LogP contribution in [0.3, 0.4) is 0 Å². The van der Waals surface area contributed by atoms with Crippen LogP contribution in [0.2, 0.25) is 0 Å². The number of fused-ring (bicyclic) bond motifs is 5. The van der Waals surface area contributed by atoms with Gasteiger partial charge in [-0.3, -0.25) is 0 Å². The molecule has 8 rings (SSSR count). The smallest absolute Gasteiger partial charge is 0.204 e. The van der Waals surface area contributed by atoms with Crippen LogP contribution in [0, 0.1) is 101 Å². The summed E-state index contributed by atoms with van der Waals surface area (Å²) in [7, 11) is 0. The summed E-state index contributed by atoms with van der Waals surface area (Å²) < 4.78 is 229. The van der Waals surface area contributed by atoms with E-state index in [0.717, 1.165) is 11.3 Å². The average molecular weight is 830 g/mol. The molecular weight excluding hydrogens is 816 g/mol. The number of thiophene rings is 1. The summed E-state index contributed by atoms with van der Waals surface area (Å²) in [6, 6.07) is 5.56. The molecule has 0 radical (unpaired) electrons. The van der Waals surface area contributed by atoms with Crippen molar-refractivity contribution in [2.75, 3.05) is 5.75 Å². The molecule has 56 heavy (non-hydrogen) atoms. The number of aryl methyl sites for hydroxylation is 2. The quantitative estimate of drug-likeness (QED) is 0.0736. The monoisotopic (exact) mass is 830 g/mol. The third-order valence-electron chi connectivity index (χ3n) is 10.3. The predicted molar refractivity (Wildman–Crippen MR) is 180 cm³/mol. The fourth-order valence-electron chi connectivity index (χ4n) is 7.82. The summed E-state index contributed by atoms with van der Waals surface area (Å²) in [6.45, 7) is -0.161. The first-order chi connectivity index (χ1) is 26.4. The molecule has 286 valence electrons. The molecule has 1 aromatic heterocycles. The van der Waals surface area contributed by atoms with E-state index in [2.05, 4.69) is 0 Å². The zero-order valence-corrected chi connectivity index (χ0v) is 29.4. The Balaban J connectivity index is 1.68. The van der Waals surface area contributed by atoms with Crippen LogP contribution in [0.25, 0.3) is 16.7 Å². The van der Waals surface area contributed by atoms with Crippen LogP contribution in [0.5, 0.6) is 0 Å². The van der Waals surface area contributed by atoms with Gasteiger partial charge in [-0.1, -0.05) is 24.3 Å². The normalized spacial score (nSPS) is 17.3. The highest BCUT2D eigenvalue weighted by molar-refractivity contribution is 8.03. The van der Waals surface area contributed by atoms with Crippen molar-refractivity contribution in [1.29, 1.82) is 0 Å². The molecule has 0 N–H and O–H groups in total. The van der Waals surface area contributed by atoms with Crippen molar-refractivity contribution < 1.29 is 65.9 Å². The number of hydrogen-bond donors (Lipinski definition) is 0. The maximum Gasteiger partial charge on any atom is 0.252 e. The molecule has 0 spiro atoms. The highest BCUT2D eigenvalue weighted by atomic mass is 32.2. The van der Waals surface area contributed by atoms with Gasteiger partial charge in [0.25, 0.3) is 6.71 Å². The molecule has 2 heterocycles. The molecule has 2 aliphatic carbocycles. The lowest BCUT2D eigenvalue weighted by atomic mass is 9.30. The molecule has 0 nitrogen and oxygen atoms in total. The lowest BCUT2D eigenvalue weighted by Gasteiger charge is -2.37. The summed E-state index contributed by atoms with van der Waals surface area (Å²) >= 11 is 1.32. The van der Waals surface area contributed by atoms with Crippen LogP contribution < -0.4 is 10.9 Å². The molecule has 0 fully saturated rings. The Morgan fingerprint density at radius 3 is 1.36 bits per heavy atom. The van der Waals surface area contributed by atoms with Gasteiger partial charge in [-0.15, -0.1) is 23.1 Å². The van der Waals surface area contributed by atoms with E-state index in [1.807, 2.05) is 0 Å². The van der Waals surface area contributed by atoms with Gasteiger partial charge in [0.15, 0.2) is 81.4 Å². The lowest BCUT2D eigenvalue weighted by molar-refractivity contribution is 0.376. The second-order valence-electron chi connectivity index (χ2n) is 13.0. The Hall–Kier alpha value is -4.84. The van der Waals surface area contributed by atoms with Crippen molar-refractivity contribution in [1.82, 2.24) is 0 Å². The standard InChI is InChI=1S/C38H14BF15S2/c1-10-8-12-13(9-11(10)2)17(19-23(40)29(46)35(52)30(47)24(19)41)20-16(12)18(15-4-3-6-55-15)14-5-7-56-38(14,20)39(21-25(42)31(48)36(53)32(49)26(21)43)22-27(44)33(50)37(54)34(51)28(22)45/h3-6,8-9H,7H2,1-2H3. The van der Waals surface area contributed by atoms with E-state index < -0.39 is 132 Å². The van der Waals surface area contributed by atoms with E-state index in [1.54, 1.807) is 6.92 Å². The number of hydrogen-bond acceptors (Lipinski definition) is 2. The number of rotatable bonds is 5. The average Bonchev–Trinajstić information content (AvgIpc) is 3.97. The summed E-state index contributed by atoms with van der Waals surface area (Å²) in [5.41, 5.74) is -7.72. The fraction of sp³-hybridized carbons (Fsp3) is 0.105. The largest absolute Gasteiger partial charge is 0.252 e. The van der Waals surface area contributed by atoms with Gasteiger partial charge in [-0.2, -0.15) is 0 Å². The summed E-state index contributed by atoms with van der Waals surface area (Å²) in [5, 5.41) is 1.50. The van der Waals surface area contributed by atoms with E-state index in [9.17, 15) is 13.2 Å². The van der Waals surface area contributed by atoms with Gasteiger partial charge >= 0.3 is 0 Å². The third-order valence-corrected chi connectivity index (χ3v) is 12.6. The first-order valence-corrected chi connectivity index (χ1v) is 17.8. The van der Waals surface area contributed by atoms with Gasteiger partial charge < -0.3 is 0 Å². The van der Waals surface area contributed by atoms with E-state index in [1.165, 1.54) is 42.6 Å². The molecule has 3 aliphatic rings. The molecular formula is C38H14BF15S2. The second-order valence-corrected chi connectivity index (χ2v) is 15.2. The molecule has 1 atom stereocenters. The molecule has 0 saturated carbocycles. The highest BCUT2D eigenvalue weighted by Crippen LogP contribution is 2.68. The van der Waals surface area contributed by atoms with Crippen molar-refractivity contribution in [2.24, 2.45) is 0 Å². The molecule has 4 aromatic carbocycles. The van der Waals surface area contributed by atoms with Crippen molar-refractivity contribution in [2.45, 2.75) is 18.5 Å². The van der Waals surface area contributed by atoms with Gasteiger partial charge in [0.05, 0.1) is 10.2 Å². The van der Waals surface area contributed by atoms with Gasteiger partial charge in [0.2, 0.25) is 5.82 Å². The van der Waals surface area contributed by atoms with E-state index in [4.69, 9.17) is 0 Å². The minimum Gasteiger partial charge on any atom is -0.204 e. The van der Waals surface area contributed by atoms with Crippen molar-refractivity contribution in [3.63, 3.8) is 0 Å². The van der Waals surface area contributed by atoms with Crippen LogP contribution in [0.1, 0.15) is 32.7 Å². The molecule has 18 heteroatoms. The summed E-state index contributed by atoms with van der Waals surface area (Å²) in [6.07, 6.45) is 1.24. The Morgan fingerprint density at radius 1 is 0.518 bits per heavy atom. The second kappa shape index (κ2) is 12.8. The zero-order valence-electron chi connectivity index (χ0n) is 27.7. The van der Waals surface area contributed by atoms with Crippen molar-refractivity contribution in [3.05, 3.63) is 167 Å². The van der Waals surface area contributed by atoms with Crippen LogP contribution in [-0.4, -0.2) is 17.1 Å². The Kier molecular flexibility index (Phi) is 8.73. The number of thioether (sulfide) groups is 1. The predicted octanol–water partition coefficient (Wildman–Crippen LogP) is 10.5. The maximum atomic E-state index is 16.2. The van der Waals surface area contributed by atoms with Crippen LogP contribution in [0.15, 0.2) is 46.9 Å². The maximum absolute atomic E-state index is 16.2. The van der Waals surface area contributed by atoms with Gasteiger partial charge in [0.1, 0.15) is 0 Å². The van der Waals surface area contributed by atoms with Gasteiger partial charge in [0, 0.05) is 32.7 Å². The zero-order chi connectivity index (χ0) is 40.6. The third kappa shape index (κ3) is 4.74. The van der Waals surface area contributed by atoms with Crippen molar-refractivity contribution in [3.8, 4) is 0 Å². The molecule has 0 bridgehead atoms. The fourth-order valence-corrected chi connectivity index (χ4v) is 10.2. The minimum atomic E-state index is -3.20. The Labute approximate surface area is 313 Å². The number of allylic oxidation sites excluding steroid dienone is 2.